The Morgan fingerprint density at radius 2 is 1.83 bits per heavy atom. The normalized spacial score (nSPS) is 12.8. The first-order valence-electron chi connectivity index (χ1n) is 12.3. The van der Waals surface area contributed by atoms with Gasteiger partial charge in [-0.15, -0.1) is 0 Å². The number of fused-ring (bicyclic) bond motifs is 3. The van der Waals surface area contributed by atoms with E-state index in [1.165, 1.54) is 0 Å². The number of benzene rings is 2. The van der Waals surface area contributed by atoms with E-state index in [0.29, 0.717) is 17.6 Å². The SMILES string of the molecule is Cc1coc2c(C)c3oc(=O)c(CCC(=O)N[C@H](c4nc5ccccc5n4C)C(C)C)c(C)c3cc12. The van der Waals surface area contributed by atoms with Crippen molar-refractivity contribution < 1.29 is 13.6 Å². The third-order valence-corrected chi connectivity index (χ3v) is 7.22. The van der Waals surface area contributed by atoms with Gasteiger partial charge in [0.2, 0.25) is 5.91 Å². The van der Waals surface area contributed by atoms with Crippen LogP contribution in [0.1, 0.15) is 54.4 Å². The van der Waals surface area contributed by atoms with Crippen LogP contribution in [0, 0.1) is 26.7 Å². The van der Waals surface area contributed by atoms with Gasteiger partial charge in [-0.1, -0.05) is 26.0 Å². The van der Waals surface area contributed by atoms with Crippen LogP contribution >= 0.6 is 0 Å². The molecule has 0 saturated carbocycles. The summed E-state index contributed by atoms with van der Waals surface area (Å²) < 4.78 is 13.4. The van der Waals surface area contributed by atoms with Crippen molar-refractivity contribution in [2.24, 2.45) is 13.0 Å². The quantitative estimate of drug-likeness (QED) is 0.307. The Kier molecular flexibility index (Phi) is 5.94. The van der Waals surface area contributed by atoms with Gasteiger partial charge in [-0.25, -0.2) is 9.78 Å². The average Bonchev–Trinajstić information content (AvgIpc) is 3.38. The monoisotopic (exact) mass is 485 g/mol. The molecular weight excluding hydrogens is 454 g/mol. The van der Waals surface area contributed by atoms with E-state index in [4.69, 9.17) is 13.8 Å². The smallest absolute Gasteiger partial charge is 0.339 e. The number of amides is 1. The summed E-state index contributed by atoms with van der Waals surface area (Å²) >= 11 is 0. The van der Waals surface area contributed by atoms with E-state index in [9.17, 15) is 9.59 Å². The predicted octanol–water partition coefficient (Wildman–Crippen LogP) is 5.80. The number of nitrogens with one attached hydrogen (secondary N) is 1. The van der Waals surface area contributed by atoms with Crippen LogP contribution in [0.25, 0.3) is 33.0 Å². The minimum atomic E-state index is -0.408. The Hall–Kier alpha value is -3.87. The summed E-state index contributed by atoms with van der Waals surface area (Å²) in [5.41, 5.74) is 5.99. The van der Waals surface area contributed by atoms with Gasteiger partial charge < -0.3 is 18.7 Å². The van der Waals surface area contributed by atoms with Crippen LogP contribution in [0.2, 0.25) is 0 Å². The Labute approximate surface area is 209 Å². The molecule has 0 unspecified atom stereocenters. The van der Waals surface area contributed by atoms with Gasteiger partial charge in [0.05, 0.1) is 23.3 Å². The highest BCUT2D eigenvalue weighted by molar-refractivity contribution is 5.99. The highest BCUT2D eigenvalue weighted by atomic mass is 16.4. The van der Waals surface area contributed by atoms with Gasteiger partial charge in [0, 0.05) is 35.4 Å². The van der Waals surface area contributed by atoms with E-state index in [1.54, 1.807) is 6.26 Å². The van der Waals surface area contributed by atoms with E-state index in [-0.39, 0.29) is 24.3 Å². The number of aromatic nitrogens is 2. The number of furan rings is 1. The minimum absolute atomic E-state index is 0.128. The number of nitrogens with zero attached hydrogens (tertiary/aromatic N) is 2. The molecule has 0 aliphatic rings. The molecule has 0 aliphatic heterocycles. The van der Waals surface area contributed by atoms with E-state index in [0.717, 1.165) is 49.9 Å². The zero-order valence-corrected chi connectivity index (χ0v) is 21.6. The summed E-state index contributed by atoms with van der Waals surface area (Å²) in [6.45, 7) is 9.94. The zero-order chi connectivity index (χ0) is 25.7. The molecule has 0 aliphatic carbocycles. The first-order chi connectivity index (χ1) is 17.2. The molecule has 1 N–H and O–H groups in total. The van der Waals surface area contributed by atoms with Crippen LogP contribution in [-0.2, 0) is 18.3 Å². The van der Waals surface area contributed by atoms with Crippen LogP contribution in [0.5, 0.6) is 0 Å². The molecule has 7 heteroatoms. The van der Waals surface area contributed by atoms with E-state index in [1.807, 2.05) is 62.7 Å². The molecule has 0 saturated heterocycles. The maximum absolute atomic E-state index is 13.1. The molecule has 1 amide bonds. The summed E-state index contributed by atoms with van der Waals surface area (Å²) in [4.78, 5) is 30.8. The number of carbonyl (C=O) groups is 1. The lowest BCUT2D eigenvalue weighted by atomic mass is 9.98. The number of aryl methyl sites for hydroxylation is 4. The van der Waals surface area contributed by atoms with Gasteiger partial charge >= 0.3 is 5.63 Å². The number of hydrogen-bond acceptors (Lipinski definition) is 5. The highest BCUT2D eigenvalue weighted by Gasteiger charge is 2.24. The fourth-order valence-electron chi connectivity index (χ4n) is 5.06. The van der Waals surface area contributed by atoms with Crippen LogP contribution in [-0.4, -0.2) is 15.5 Å². The molecule has 2 aromatic carbocycles. The third-order valence-electron chi connectivity index (χ3n) is 7.22. The zero-order valence-electron chi connectivity index (χ0n) is 21.6. The maximum Gasteiger partial charge on any atom is 0.339 e. The molecule has 3 aromatic heterocycles. The molecule has 5 aromatic rings. The lowest BCUT2D eigenvalue weighted by Crippen LogP contribution is -2.34. The van der Waals surface area contributed by atoms with E-state index < -0.39 is 5.63 Å². The number of hydrogen-bond donors (Lipinski definition) is 1. The summed E-state index contributed by atoms with van der Waals surface area (Å²) in [5.74, 6) is 0.827. The number of carbonyl (C=O) groups excluding carboxylic acids is 1. The summed E-state index contributed by atoms with van der Waals surface area (Å²) in [5, 5.41) is 5.03. The fraction of sp³-hybridized carbons (Fsp3) is 0.345. The molecular formula is C29H31N3O4. The standard InChI is InChI=1S/C29H31N3O4/c1-15(2)25(28-30-22-9-7-8-10-23(22)32(28)6)31-24(33)12-11-19-17(4)21-13-20-16(3)14-35-26(20)18(5)27(21)36-29(19)34/h7-10,13-15,25H,11-12H2,1-6H3,(H,31,33)/t25-/m0/s1. The average molecular weight is 486 g/mol. The topological polar surface area (TPSA) is 90.3 Å². The lowest BCUT2D eigenvalue weighted by Gasteiger charge is -2.22. The van der Waals surface area contributed by atoms with Crippen LogP contribution in [0.3, 0.4) is 0 Å². The summed E-state index contributed by atoms with van der Waals surface area (Å²) in [6.07, 6.45) is 2.19. The second-order valence-corrected chi connectivity index (χ2v) is 9.97. The van der Waals surface area contributed by atoms with Crippen molar-refractivity contribution in [1.82, 2.24) is 14.9 Å². The van der Waals surface area contributed by atoms with Crippen molar-refractivity contribution in [1.29, 1.82) is 0 Å². The molecule has 0 fully saturated rings. The van der Waals surface area contributed by atoms with Crippen molar-refractivity contribution in [3.63, 3.8) is 0 Å². The fourth-order valence-corrected chi connectivity index (χ4v) is 5.06. The largest absolute Gasteiger partial charge is 0.464 e. The molecule has 36 heavy (non-hydrogen) atoms. The van der Waals surface area contributed by atoms with Gasteiger partial charge in [-0.2, -0.15) is 0 Å². The maximum atomic E-state index is 13.1. The van der Waals surface area contributed by atoms with Gasteiger partial charge in [0.1, 0.15) is 17.0 Å². The lowest BCUT2D eigenvalue weighted by molar-refractivity contribution is -0.122. The molecule has 3 heterocycles. The molecule has 1 atom stereocenters. The van der Waals surface area contributed by atoms with Crippen LogP contribution in [0.4, 0.5) is 0 Å². The molecule has 7 nitrogen and oxygen atoms in total. The van der Waals surface area contributed by atoms with E-state index in [2.05, 4.69) is 19.2 Å². The number of para-hydroxylation sites is 2. The Bertz CT molecular complexity index is 1690. The van der Waals surface area contributed by atoms with Crippen molar-refractivity contribution >= 4 is 38.9 Å². The third kappa shape index (κ3) is 3.88. The van der Waals surface area contributed by atoms with E-state index >= 15 is 0 Å². The second-order valence-electron chi connectivity index (χ2n) is 9.97. The van der Waals surface area contributed by atoms with Gasteiger partial charge in [-0.05, 0) is 62.4 Å². The number of rotatable bonds is 6. The van der Waals surface area contributed by atoms with Crippen molar-refractivity contribution in [3.05, 3.63) is 75.1 Å². The summed E-state index contributed by atoms with van der Waals surface area (Å²) in [7, 11) is 1.97. The molecule has 0 bridgehead atoms. The van der Waals surface area contributed by atoms with Crippen molar-refractivity contribution in [2.75, 3.05) is 0 Å². The van der Waals surface area contributed by atoms with Crippen molar-refractivity contribution in [3.8, 4) is 0 Å². The van der Waals surface area contributed by atoms with Crippen molar-refractivity contribution in [2.45, 2.75) is 53.5 Å². The second kappa shape index (κ2) is 8.97. The molecule has 0 spiro atoms. The molecule has 5 rings (SSSR count). The Morgan fingerprint density at radius 3 is 2.56 bits per heavy atom. The Balaban J connectivity index is 1.41. The van der Waals surface area contributed by atoms with Gasteiger partial charge in [-0.3, -0.25) is 4.79 Å². The van der Waals surface area contributed by atoms with Gasteiger partial charge in [0.15, 0.2) is 0 Å². The van der Waals surface area contributed by atoms with Crippen LogP contribution in [0.15, 0.2) is 50.2 Å². The highest BCUT2D eigenvalue weighted by Crippen LogP contribution is 2.33. The number of imidazole rings is 1. The first-order valence-corrected chi connectivity index (χ1v) is 12.3. The molecule has 0 radical (unpaired) electrons. The first kappa shape index (κ1) is 23.9. The predicted molar refractivity (Wildman–Crippen MR) is 141 cm³/mol. The minimum Gasteiger partial charge on any atom is -0.464 e. The van der Waals surface area contributed by atoms with Crippen LogP contribution < -0.4 is 10.9 Å². The Morgan fingerprint density at radius 1 is 1.08 bits per heavy atom. The van der Waals surface area contributed by atoms with Gasteiger partial charge in [0.25, 0.3) is 0 Å². The summed E-state index contributed by atoms with van der Waals surface area (Å²) in [6, 6.07) is 9.70. The molecule has 186 valence electrons.